The number of amides is 1. The number of hydrogen-bond donors (Lipinski definition) is 1. The molecule has 0 radical (unpaired) electrons. The van der Waals surface area contributed by atoms with Gasteiger partial charge in [-0.3, -0.25) is 4.79 Å². The molecule has 2 aromatic carbocycles. The van der Waals surface area contributed by atoms with Gasteiger partial charge in [0.1, 0.15) is 5.75 Å². The Morgan fingerprint density at radius 3 is 2.48 bits per heavy atom. The van der Waals surface area contributed by atoms with E-state index < -0.39 is 0 Å². The first-order chi connectivity index (χ1) is 10.2. The number of nitrogens with zero attached hydrogens (tertiary/aromatic N) is 1. The third-order valence-electron chi connectivity index (χ3n) is 4.09. The summed E-state index contributed by atoms with van der Waals surface area (Å²) in [5, 5.41) is 11.4. The van der Waals surface area contributed by atoms with E-state index in [9.17, 15) is 9.90 Å². The van der Waals surface area contributed by atoms with E-state index in [0.717, 1.165) is 16.5 Å². The van der Waals surface area contributed by atoms with Crippen molar-refractivity contribution in [2.24, 2.45) is 0 Å². The van der Waals surface area contributed by atoms with Crippen molar-refractivity contribution in [1.29, 1.82) is 0 Å². The Morgan fingerprint density at radius 1 is 1.14 bits per heavy atom. The largest absolute Gasteiger partial charge is 0.496 e. The summed E-state index contributed by atoms with van der Waals surface area (Å²) >= 11 is 0. The number of piperidine rings is 1. The zero-order valence-corrected chi connectivity index (χ0v) is 12.1. The van der Waals surface area contributed by atoms with Gasteiger partial charge in [-0.1, -0.05) is 24.3 Å². The van der Waals surface area contributed by atoms with Gasteiger partial charge in [0, 0.05) is 24.0 Å². The van der Waals surface area contributed by atoms with E-state index in [2.05, 4.69) is 0 Å². The maximum absolute atomic E-state index is 12.7. The number of aliphatic hydroxyl groups excluding tert-OH is 1. The molecule has 1 N–H and O–H groups in total. The Labute approximate surface area is 123 Å². The predicted molar refractivity (Wildman–Crippen MR) is 81.6 cm³/mol. The molecule has 0 atom stereocenters. The van der Waals surface area contributed by atoms with Gasteiger partial charge in [-0.05, 0) is 30.4 Å². The maximum atomic E-state index is 12.7. The lowest BCUT2D eigenvalue weighted by Gasteiger charge is -2.30. The maximum Gasteiger partial charge on any atom is 0.254 e. The SMILES string of the molecule is COc1ccc(C(=O)N2CCC(O)CC2)c2ccccc12. The van der Waals surface area contributed by atoms with Gasteiger partial charge in [0.25, 0.3) is 5.91 Å². The lowest BCUT2D eigenvalue weighted by atomic mass is 10.0. The fourth-order valence-corrected chi connectivity index (χ4v) is 2.88. The second-order valence-corrected chi connectivity index (χ2v) is 5.38. The van der Waals surface area contributed by atoms with Gasteiger partial charge in [-0.25, -0.2) is 0 Å². The predicted octanol–water partition coefficient (Wildman–Crippen LogP) is 2.45. The van der Waals surface area contributed by atoms with Crippen LogP contribution in [0.4, 0.5) is 0 Å². The molecule has 1 heterocycles. The summed E-state index contributed by atoms with van der Waals surface area (Å²) in [4.78, 5) is 14.5. The minimum atomic E-state index is -0.276. The molecule has 1 amide bonds. The number of aliphatic hydroxyl groups is 1. The fraction of sp³-hybridized carbons (Fsp3) is 0.353. The molecule has 21 heavy (non-hydrogen) atoms. The summed E-state index contributed by atoms with van der Waals surface area (Å²) < 4.78 is 5.36. The van der Waals surface area contributed by atoms with Crippen molar-refractivity contribution in [3.05, 3.63) is 42.0 Å². The van der Waals surface area contributed by atoms with E-state index in [0.29, 0.717) is 31.5 Å². The molecule has 0 aliphatic carbocycles. The molecular weight excluding hydrogens is 266 g/mol. The number of carbonyl (C=O) groups is 1. The number of hydrogen-bond acceptors (Lipinski definition) is 3. The Bertz CT molecular complexity index is 660. The van der Waals surface area contributed by atoms with Crippen LogP contribution in [0, 0.1) is 0 Å². The van der Waals surface area contributed by atoms with Crippen LogP contribution >= 0.6 is 0 Å². The molecule has 1 fully saturated rings. The molecular formula is C17H19NO3. The van der Waals surface area contributed by atoms with Crippen LogP contribution < -0.4 is 4.74 Å². The minimum Gasteiger partial charge on any atom is -0.496 e. The van der Waals surface area contributed by atoms with Crippen molar-refractivity contribution >= 4 is 16.7 Å². The lowest BCUT2D eigenvalue weighted by molar-refractivity contribution is 0.0548. The highest BCUT2D eigenvalue weighted by Crippen LogP contribution is 2.29. The summed E-state index contributed by atoms with van der Waals surface area (Å²) in [6, 6.07) is 11.5. The highest BCUT2D eigenvalue weighted by Gasteiger charge is 2.23. The molecule has 0 bridgehead atoms. The van der Waals surface area contributed by atoms with Gasteiger partial charge in [-0.2, -0.15) is 0 Å². The standard InChI is InChI=1S/C17H19NO3/c1-21-16-7-6-15(13-4-2-3-5-14(13)16)17(20)18-10-8-12(19)9-11-18/h2-7,12,19H,8-11H2,1H3. The van der Waals surface area contributed by atoms with Crippen LogP contribution in [-0.4, -0.2) is 42.2 Å². The molecule has 2 aromatic rings. The number of carbonyl (C=O) groups excluding carboxylic acids is 1. The van der Waals surface area contributed by atoms with Crippen LogP contribution in [0.3, 0.4) is 0 Å². The quantitative estimate of drug-likeness (QED) is 0.922. The van der Waals surface area contributed by atoms with Crippen molar-refractivity contribution in [3.63, 3.8) is 0 Å². The van der Waals surface area contributed by atoms with Gasteiger partial charge in [0.2, 0.25) is 0 Å². The molecule has 3 rings (SSSR count). The molecule has 0 unspecified atom stereocenters. The summed E-state index contributed by atoms with van der Waals surface area (Å²) in [7, 11) is 1.63. The van der Waals surface area contributed by atoms with E-state index in [1.165, 1.54) is 0 Å². The summed E-state index contributed by atoms with van der Waals surface area (Å²) in [6.07, 6.45) is 1.03. The molecule has 4 nitrogen and oxygen atoms in total. The van der Waals surface area contributed by atoms with E-state index >= 15 is 0 Å². The Balaban J connectivity index is 1.99. The zero-order chi connectivity index (χ0) is 14.8. The van der Waals surface area contributed by atoms with Crippen molar-refractivity contribution in [2.75, 3.05) is 20.2 Å². The number of fused-ring (bicyclic) bond motifs is 1. The highest BCUT2D eigenvalue weighted by molar-refractivity contribution is 6.08. The average molecular weight is 285 g/mol. The Hall–Kier alpha value is -2.07. The molecule has 0 spiro atoms. The topological polar surface area (TPSA) is 49.8 Å². The molecule has 0 saturated carbocycles. The van der Waals surface area contributed by atoms with Crippen molar-refractivity contribution in [2.45, 2.75) is 18.9 Å². The molecule has 110 valence electrons. The number of benzene rings is 2. The van der Waals surface area contributed by atoms with Gasteiger partial charge in [-0.15, -0.1) is 0 Å². The molecule has 4 heteroatoms. The number of methoxy groups -OCH3 is 1. The van der Waals surface area contributed by atoms with Gasteiger partial charge >= 0.3 is 0 Å². The number of ether oxygens (including phenoxy) is 1. The van der Waals surface area contributed by atoms with E-state index in [1.54, 1.807) is 7.11 Å². The Kier molecular flexibility index (Phi) is 3.80. The van der Waals surface area contributed by atoms with Crippen LogP contribution in [0.25, 0.3) is 10.8 Å². The van der Waals surface area contributed by atoms with Gasteiger partial charge < -0.3 is 14.7 Å². The van der Waals surface area contributed by atoms with Gasteiger partial charge in [0.05, 0.1) is 13.2 Å². The number of rotatable bonds is 2. The summed E-state index contributed by atoms with van der Waals surface area (Å²) in [5.74, 6) is 0.803. The molecule has 0 aromatic heterocycles. The first-order valence-electron chi connectivity index (χ1n) is 7.24. The van der Waals surface area contributed by atoms with Gasteiger partial charge in [0.15, 0.2) is 0 Å². The average Bonchev–Trinajstić information content (AvgIpc) is 2.54. The van der Waals surface area contributed by atoms with Crippen LogP contribution in [0.1, 0.15) is 23.2 Å². The van der Waals surface area contributed by atoms with Crippen molar-refractivity contribution in [3.8, 4) is 5.75 Å². The fourth-order valence-electron chi connectivity index (χ4n) is 2.88. The summed E-state index contributed by atoms with van der Waals surface area (Å²) in [5.41, 5.74) is 0.697. The molecule has 1 aliphatic rings. The first kappa shape index (κ1) is 13.9. The minimum absolute atomic E-state index is 0.0285. The number of likely N-dealkylation sites (tertiary alicyclic amines) is 1. The van der Waals surface area contributed by atoms with E-state index in [4.69, 9.17) is 4.74 Å². The van der Waals surface area contributed by atoms with Crippen LogP contribution in [-0.2, 0) is 0 Å². The highest BCUT2D eigenvalue weighted by atomic mass is 16.5. The zero-order valence-electron chi connectivity index (χ0n) is 12.1. The lowest BCUT2D eigenvalue weighted by Crippen LogP contribution is -2.40. The monoisotopic (exact) mass is 285 g/mol. The first-order valence-corrected chi connectivity index (χ1v) is 7.24. The van der Waals surface area contributed by atoms with E-state index in [1.807, 2.05) is 41.3 Å². The third kappa shape index (κ3) is 2.59. The Morgan fingerprint density at radius 2 is 1.81 bits per heavy atom. The molecule has 1 saturated heterocycles. The van der Waals surface area contributed by atoms with Crippen molar-refractivity contribution < 1.29 is 14.6 Å². The van der Waals surface area contributed by atoms with Crippen LogP contribution in [0.15, 0.2) is 36.4 Å². The van der Waals surface area contributed by atoms with E-state index in [-0.39, 0.29) is 12.0 Å². The van der Waals surface area contributed by atoms with Crippen molar-refractivity contribution in [1.82, 2.24) is 4.90 Å². The van der Waals surface area contributed by atoms with Crippen LogP contribution in [0.2, 0.25) is 0 Å². The summed E-state index contributed by atoms with van der Waals surface area (Å²) in [6.45, 7) is 1.22. The van der Waals surface area contributed by atoms with Crippen LogP contribution in [0.5, 0.6) is 5.75 Å². The third-order valence-corrected chi connectivity index (χ3v) is 4.09. The second kappa shape index (κ2) is 5.74. The second-order valence-electron chi connectivity index (χ2n) is 5.38. The normalized spacial score (nSPS) is 16.2. The molecule has 1 aliphatic heterocycles. The smallest absolute Gasteiger partial charge is 0.254 e.